The van der Waals surface area contributed by atoms with Gasteiger partial charge in [0.25, 0.3) is 0 Å². The zero-order valence-electron chi connectivity index (χ0n) is 11.9. The van der Waals surface area contributed by atoms with Crippen LogP contribution in [0.5, 0.6) is 0 Å². The average Bonchev–Trinajstić information content (AvgIpc) is 3.15. The van der Waals surface area contributed by atoms with E-state index in [1.807, 2.05) is 18.2 Å². The summed E-state index contributed by atoms with van der Waals surface area (Å²) in [6.07, 6.45) is 9.64. The molecule has 2 nitrogen and oxygen atoms in total. The first-order valence-corrected chi connectivity index (χ1v) is 8.06. The minimum Gasteiger partial charge on any atom is -0.372 e. The topological polar surface area (TPSA) is 26.3 Å². The molecule has 1 saturated heterocycles. The molecular weight excluding hydrogens is 248 g/mol. The molecule has 0 radical (unpaired) electrons. The molecular formula is C18H22O2. The second-order valence-electron chi connectivity index (χ2n) is 6.83. The number of benzene rings is 1. The van der Waals surface area contributed by atoms with E-state index < -0.39 is 0 Å². The lowest BCUT2D eigenvalue weighted by atomic mass is 9.94. The van der Waals surface area contributed by atoms with Crippen LogP contribution in [0.15, 0.2) is 24.3 Å². The van der Waals surface area contributed by atoms with E-state index in [1.54, 1.807) is 0 Å². The Balaban J connectivity index is 1.43. The number of Topliss-reactive ketones (excluding diaryl/α,β-unsaturated/α-hetero) is 1. The minimum atomic E-state index is 0.161. The normalized spacial score (nSPS) is 31.1. The van der Waals surface area contributed by atoms with E-state index in [1.165, 1.54) is 37.7 Å². The molecule has 1 heterocycles. The van der Waals surface area contributed by atoms with Crippen LogP contribution in [-0.2, 0) is 11.2 Å². The van der Waals surface area contributed by atoms with Gasteiger partial charge in [-0.3, -0.25) is 4.79 Å². The van der Waals surface area contributed by atoms with Crippen molar-refractivity contribution in [3.05, 3.63) is 35.4 Å². The molecule has 0 amide bonds. The first-order chi connectivity index (χ1) is 9.76. The van der Waals surface area contributed by atoms with E-state index in [0.717, 1.165) is 24.8 Å². The molecule has 1 aromatic carbocycles. The summed E-state index contributed by atoms with van der Waals surface area (Å²) in [6, 6.07) is 8.08. The first kappa shape index (κ1) is 12.6. The summed E-state index contributed by atoms with van der Waals surface area (Å²) >= 11 is 0. The second-order valence-corrected chi connectivity index (χ2v) is 6.83. The molecule has 1 spiro atoms. The quantitative estimate of drug-likeness (QED) is 0.814. The predicted octanol–water partition coefficient (Wildman–Crippen LogP) is 3.92. The molecule has 2 aliphatic carbocycles. The Labute approximate surface area is 120 Å². The number of fused-ring (bicyclic) bond motifs is 1. The lowest BCUT2D eigenvalue weighted by Gasteiger charge is -2.24. The van der Waals surface area contributed by atoms with Crippen molar-refractivity contribution in [3.63, 3.8) is 0 Å². The largest absolute Gasteiger partial charge is 0.372 e. The summed E-state index contributed by atoms with van der Waals surface area (Å²) in [7, 11) is 0. The third-order valence-corrected chi connectivity index (χ3v) is 5.52. The van der Waals surface area contributed by atoms with Gasteiger partial charge in [0.05, 0.1) is 11.7 Å². The highest BCUT2D eigenvalue weighted by atomic mass is 16.5. The Morgan fingerprint density at radius 1 is 1.15 bits per heavy atom. The summed E-state index contributed by atoms with van der Waals surface area (Å²) in [6.45, 7) is 0. The number of rotatable bonds is 2. The van der Waals surface area contributed by atoms with Gasteiger partial charge >= 0.3 is 0 Å². The number of carbonyl (C=O) groups excluding carboxylic acids is 1. The molecule has 2 unspecified atom stereocenters. The van der Waals surface area contributed by atoms with Crippen molar-refractivity contribution >= 4 is 5.78 Å². The maximum Gasteiger partial charge on any atom is 0.166 e. The van der Waals surface area contributed by atoms with Crippen LogP contribution in [0.25, 0.3) is 0 Å². The van der Waals surface area contributed by atoms with Gasteiger partial charge in [0.1, 0.15) is 0 Å². The molecule has 20 heavy (non-hydrogen) atoms. The van der Waals surface area contributed by atoms with Crippen molar-refractivity contribution in [3.8, 4) is 0 Å². The monoisotopic (exact) mass is 270 g/mol. The molecule has 0 bridgehead atoms. The number of carbonyl (C=O) groups is 1. The molecule has 0 N–H and O–H groups in total. The zero-order chi connectivity index (χ0) is 13.6. The van der Waals surface area contributed by atoms with Crippen LogP contribution in [0.4, 0.5) is 0 Å². The standard InChI is InChI=1S/C18H22O2/c19-17-14(11-13-5-1-2-6-16(13)17)12-15-7-10-18(20-15)8-3-4-9-18/h1-2,5-6,14-15H,3-4,7-12H2. The van der Waals surface area contributed by atoms with Crippen molar-refractivity contribution in [2.24, 2.45) is 5.92 Å². The lowest BCUT2D eigenvalue weighted by molar-refractivity contribution is -0.0427. The molecule has 2 heteroatoms. The van der Waals surface area contributed by atoms with Gasteiger partial charge < -0.3 is 4.74 Å². The van der Waals surface area contributed by atoms with Gasteiger partial charge in [0.15, 0.2) is 5.78 Å². The van der Waals surface area contributed by atoms with Crippen molar-refractivity contribution in [1.29, 1.82) is 0 Å². The Hall–Kier alpha value is -1.15. The smallest absolute Gasteiger partial charge is 0.166 e. The highest BCUT2D eigenvalue weighted by molar-refractivity contribution is 6.02. The summed E-state index contributed by atoms with van der Waals surface area (Å²) in [5.74, 6) is 0.505. The third kappa shape index (κ3) is 2.01. The highest BCUT2D eigenvalue weighted by Gasteiger charge is 2.43. The molecule has 2 fully saturated rings. The van der Waals surface area contributed by atoms with Gasteiger partial charge in [-0.2, -0.15) is 0 Å². The fraction of sp³-hybridized carbons (Fsp3) is 0.611. The summed E-state index contributed by atoms with van der Waals surface area (Å²) < 4.78 is 6.37. The zero-order valence-corrected chi connectivity index (χ0v) is 11.9. The Bertz CT molecular complexity index is 528. The van der Waals surface area contributed by atoms with E-state index in [9.17, 15) is 4.79 Å². The molecule has 1 aliphatic heterocycles. The molecule has 3 aliphatic rings. The molecule has 0 aromatic heterocycles. The highest BCUT2D eigenvalue weighted by Crippen LogP contribution is 2.45. The average molecular weight is 270 g/mol. The first-order valence-electron chi connectivity index (χ1n) is 8.06. The molecule has 1 aromatic rings. The summed E-state index contributed by atoms with van der Waals surface area (Å²) in [5, 5.41) is 0. The number of hydrogen-bond donors (Lipinski definition) is 0. The molecule has 2 atom stereocenters. The molecule has 4 rings (SSSR count). The predicted molar refractivity (Wildman–Crippen MR) is 77.9 cm³/mol. The number of ketones is 1. The van der Waals surface area contributed by atoms with Gasteiger partial charge in [0.2, 0.25) is 0 Å². The van der Waals surface area contributed by atoms with Gasteiger partial charge in [0, 0.05) is 11.5 Å². The Morgan fingerprint density at radius 2 is 1.95 bits per heavy atom. The number of hydrogen-bond acceptors (Lipinski definition) is 2. The van der Waals surface area contributed by atoms with E-state index in [2.05, 4.69) is 6.07 Å². The van der Waals surface area contributed by atoms with Crippen molar-refractivity contribution in [2.75, 3.05) is 0 Å². The van der Waals surface area contributed by atoms with E-state index in [-0.39, 0.29) is 11.5 Å². The molecule has 1 saturated carbocycles. The Kier molecular flexibility index (Phi) is 2.95. The lowest BCUT2D eigenvalue weighted by Crippen LogP contribution is -2.26. The van der Waals surface area contributed by atoms with Crippen molar-refractivity contribution < 1.29 is 9.53 Å². The minimum absolute atomic E-state index is 0.161. The van der Waals surface area contributed by atoms with Crippen LogP contribution in [-0.4, -0.2) is 17.5 Å². The van der Waals surface area contributed by atoms with E-state index in [4.69, 9.17) is 4.74 Å². The SMILES string of the molecule is O=C1c2ccccc2CC1CC1CCC2(CCCC2)O1. The number of ether oxygens (including phenoxy) is 1. The fourth-order valence-corrected chi connectivity index (χ4v) is 4.47. The molecule has 106 valence electrons. The maximum absolute atomic E-state index is 12.4. The van der Waals surface area contributed by atoms with Gasteiger partial charge in [-0.15, -0.1) is 0 Å². The Morgan fingerprint density at radius 3 is 2.75 bits per heavy atom. The van der Waals surface area contributed by atoms with Crippen LogP contribution >= 0.6 is 0 Å². The summed E-state index contributed by atoms with van der Waals surface area (Å²) in [4.78, 5) is 12.4. The maximum atomic E-state index is 12.4. The van der Waals surface area contributed by atoms with Gasteiger partial charge in [-0.05, 0) is 44.1 Å². The van der Waals surface area contributed by atoms with Crippen LogP contribution in [0.1, 0.15) is 60.9 Å². The second kappa shape index (κ2) is 4.70. The van der Waals surface area contributed by atoms with E-state index in [0.29, 0.717) is 11.9 Å². The van der Waals surface area contributed by atoms with Crippen molar-refractivity contribution in [2.45, 2.75) is 63.1 Å². The van der Waals surface area contributed by atoms with Crippen LogP contribution in [0.3, 0.4) is 0 Å². The van der Waals surface area contributed by atoms with E-state index >= 15 is 0 Å². The van der Waals surface area contributed by atoms with Crippen LogP contribution < -0.4 is 0 Å². The van der Waals surface area contributed by atoms with Gasteiger partial charge in [-0.25, -0.2) is 0 Å². The van der Waals surface area contributed by atoms with Crippen LogP contribution in [0, 0.1) is 5.92 Å². The summed E-state index contributed by atoms with van der Waals surface area (Å²) in [5.41, 5.74) is 2.38. The third-order valence-electron chi connectivity index (χ3n) is 5.52. The van der Waals surface area contributed by atoms with Crippen LogP contribution in [0.2, 0.25) is 0 Å². The van der Waals surface area contributed by atoms with Crippen molar-refractivity contribution in [1.82, 2.24) is 0 Å². The van der Waals surface area contributed by atoms with Gasteiger partial charge in [-0.1, -0.05) is 37.1 Å². The fourth-order valence-electron chi connectivity index (χ4n) is 4.47.